The first kappa shape index (κ1) is 17.2. The van der Waals surface area contributed by atoms with E-state index >= 15 is 0 Å². The Morgan fingerprint density at radius 2 is 1.96 bits per heavy atom. The Bertz CT molecular complexity index is 1090. The van der Waals surface area contributed by atoms with Gasteiger partial charge in [0, 0.05) is 46.5 Å². The highest BCUT2D eigenvalue weighted by Crippen LogP contribution is 2.37. The Kier molecular flexibility index (Phi) is 4.47. The lowest BCUT2D eigenvalue weighted by Gasteiger charge is -2.18. The summed E-state index contributed by atoms with van der Waals surface area (Å²) in [5, 5.41) is 11.8. The minimum Gasteiger partial charge on any atom is -0.504 e. The first-order chi connectivity index (χ1) is 13.8. The largest absolute Gasteiger partial charge is 0.504 e. The Hall–Kier alpha value is -2.89. The van der Waals surface area contributed by atoms with Gasteiger partial charge in [0.15, 0.2) is 11.5 Å². The number of hydrogen-bond donors (Lipinski definition) is 1. The molecule has 4 nitrogen and oxygen atoms in total. The number of hydrogen-bond acceptors (Lipinski definition) is 5. The molecule has 1 aliphatic rings. The third kappa shape index (κ3) is 3.35. The van der Waals surface area contributed by atoms with Gasteiger partial charge in [-0.3, -0.25) is 9.88 Å². The van der Waals surface area contributed by atoms with Crippen LogP contribution in [0.1, 0.15) is 10.4 Å². The van der Waals surface area contributed by atoms with Crippen LogP contribution < -0.4 is 4.74 Å². The summed E-state index contributed by atoms with van der Waals surface area (Å²) in [5.41, 5.74) is 2.75. The topological polar surface area (TPSA) is 45.6 Å². The van der Waals surface area contributed by atoms with Crippen LogP contribution >= 0.6 is 11.3 Å². The summed E-state index contributed by atoms with van der Waals surface area (Å²) in [4.78, 5) is 8.13. The van der Waals surface area contributed by atoms with Crippen molar-refractivity contribution in [1.82, 2.24) is 9.88 Å². The molecule has 0 bridgehead atoms. The Labute approximate surface area is 167 Å². The molecule has 0 atom stereocenters. The highest BCUT2D eigenvalue weighted by molar-refractivity contribution is 7.19. The lowest BCUT2D eigenvalue weighted by molar-refractivity contribution is 0.218. The van der Waals surface area contributed by atoms with Crippen LogP contribution in [-0.4, -0.2) is 28.1 Å². The molecular formula is C23H20N2O2S. The smallest absolute Gasteiger partial charge is 0.165 e. The van der Waals surface area contributed by atoms with Crippen LogP contribution in [-0.2, 0) is 13.1 Å². The molecule has 4 aromatic rings. The third-order valence-corrected chi connectivity index (χ3v) is 6.11. The second-order valence-corrected chi connectivity index (χ2v) is 8.18. The van der Waals surface area contributed by atoms with Crippen molar-refractivity contribution in [2.45, 2.75) is 13.1 Å². The van der Waals surface area contributed by atoms with E-state index in [1.54, 1.807) is 12.3 Å². The van der Waals surface area contributed by atoms with Crippen molar-refractivity contribution >= 4 is 21.4 Å². The van der Waals surface area contributed by atoms with Crippen LogP contribution in [0.15, 0.2) is 66.9 Å². The van der Waals surface area contributed by atoms with Crippen LogP contribution in [0.3, 0.4) is 0 Å². The lowest BCUT2D eigenvalue weighted by atomic mass is 10.0. The molecule has 1 aliphatic heterocycles. The molecule has 2 aromatic heterocycles. The number of aromatic nitrogens is 1. The fourth-order valence-electron chi connectivity index (χ4n) is 3.70. The number of aromatic hydroxyl groups is 1. The molecule has 140 valence electrons. The van der Waals surface area contributed by atoms with Crippen molar-refractivity contribution in [3.05, 3.63) is 77.3 Å². The molecule has 3 heterocycles. The van der Waals surface area contributed by atoms with E-state index in [-0.39, 0.29) is 5.75 Å². The van der Waals surface area contributed by atoms with Crippen LogP contribution in [0.4, 0.5) is 0 Å². The van der Waals surface area contributed by atoms with Gasteiger partial charge in [0.25, 0.3) is 0 Å². The molecule has 0 amide bonds. The highest BCUT2D eigenvalue weighted by atomic mass is 32.1. The molecule has 0 saturated heterocycles. The van der Waals surface area contributed by atoms with Crippen molar-refractivity contribution in [2.75, 3.05) is 13.2 Å². The first-order valence-corrected chi connectivity index (χ1v) is 10.2. The molecular weight excluding hydrogens is 368 g/mol. The molecule has 0 saturated carbocycles. The molecule has 5 rings (SSSR count). The molecule has 0 spiro atoms. The Balaban J connectivity index is 1.44. The predicted octanol–water partition coefficient (Wildman–Crippen LogP) is 5.06. The summed E-state index contributed by atoms with van der Waals surface area (Å²) < 4.78 is 7.21. The Morgan fingerprint density at radius 1 is 1.07 bits per heavy atom. The number of fused-ring (bicyclic) bond motifs is 2. The second-order valence-electron chi connectivity index (χ2n) is 7.01. The zero-order valence-corrected chi connectivity index (χ0v) is 16.2. The summed E-state index contributed by atoms with van der Waals surface area (Å²) >= 11 is 1.84. The summed E-state index contributed by atoms with van der Waals surface area (Å²) in [6, 6.07) is 20.4. The zero-order chi connectivity index (χ0) is 18.9. The lowest BCUT2D eigenvalue weighted by Crippen LogP contribution is -2.24. The van der Waals surface area contributed by atoms with E-state index in [4.69, 9.17) is 4.74 Å². The average molecular weight is 388 g/mol. The first-order valence-electron chi connectivity index (χ1n) is 9.36. The predicted molar refractivity (Wildman–Crippen MR) is 113 cm³/mol. The summed E-state index contributed by atoms with van der Waals surface area (Å²) in [7, 11) is 0. The molecule has 0 fully saturated rings. The van der Waals surface area contributed by atoms with E-state index in [0.717, 1.165) is 36.5 Å². The van der Waals surface area contributed by atoms with E-state index in [1.165, 1.54) is 15.0 Å². The van der Waals surface area contributed by atoms with E-state index in [2.05, 4.69) is 46.3 Å². The molecule has 0 unspecified atom stereocenters. The van der Waals surface area contributed by atoms with E-state index in [1.807, 2.05) is 29.5 Å². The number of nitrogens with zero attached hydrogens (tertiary/aromatic N) is 2. The molecule has 1 N–H and O–H groups in total. The number of thiophene rings is 1. The summed E-state index contributed by atoms with van der Waals surface area (Å²) in [6.45, 7) is 2.99. The monoisotopic (exact) mass is 388 g/mol. The number of ether oxygens (including phenoxy) is 1. The summed E-state index contributed by atoms with van der Waals surface area (Å²) in [5.74, 6) is 0.778. The van der Waals surface area contributed by atoms with Gasteiger partial charge >= 0.3 is 0 Å². The molecule has 0 radical (unpaired) electrons. The van der Waals surface area contributed by atoms with Crippen molar-refractivity contribution in [2.24, 2.45) is 0 Å². The van der Waals surface area contributed by atoms with Crippen molar-refractivity contribution in [3.8, 4) is 22.8 Å². The maximum absolute atomic E-state index is 10.5. The number of phenols is 1. The quantitative estimate of drug-likeness (QED) is 0.533. The minimum atomic E-state index is 0.182. The average Bonchev–Trinajstić information content (AvgIpc) is 3.00. The van der Waals surface area contributed by atoms with Gasteiger partial charge in [0.05, 0.1) is 5.69 Å². The fourth-order valence-corrected chi connectivity index (χ4v) is 4.81. The normalized spacial score (nSPS) is 14.4. The zero-order valence-electron chi connectivity index (χ0n) is 15.3. The number of pyridine rings is 1. The van der Waals surface area contributed by atoms with Crippen LogP contribution in [0.2, 0.25) is 0 Å². The van der Waals surface area contributed by atoms with Crippen LogP contribution in [0.5, 0.6) is 11.5 Å². The second kappa shape index (κ2) is 7.26. The van der Waals surface area contributed by atoms with Gasteiger partial charge in [-0.25, -0.2) is 0 Å². The Morgan fingerprint density at radius 3 is 2.82 bits per heavy atom. The van der Waals surface area contributed by atoms with Crippen molar-refractivity contribution in [1.29, 1.82) is 0 Å². The van der Waals surface area contributed by atoms with Gasteiger partial charge in [-0.2, -0.15) is 0 Å². The van der Waals surface area contributed by atoms with Gasteiger partial charge in [-0.05, 0) is 41.8 Å². The SMILES string of the molecule is Oc1cc(-c2ccccn2)cc2c1OCCN(Cc1cc3ccccc3s1)C2. The molecule has 28 heavy (non-hydrogen) atoms. The minimum absolute atomic E-state index is 0.182. The van der Waals surface area contributed by atoms with Crippen LogP contribution in [0.25, 0.3) is 21.3 Å². The van der Waals surface area contributed by atoms with Crippen molar-refractivity contribution in [3.63, 3.8) is 0 Å². The van der Waals surface area contributed by atoms with Gasteiger partial charge in [-0.15, -0.1) is 11.3 Å². The third-order valence-electron chi connectivity index (χ3n) is 5.01. The van der Waals surface area contributed by atoms with E-state index in [9.17, 15) is 5.11 Å². The van der Waals surface area contributed by atoms with E-state index in [0.29, 0.717) is 12.4 Å². The highest BCUT2D eigenvalue weighted by Gasteiger charge is 2.20. The van der Waals surface area contributed by atoms with Gasteiger partial charge in [-0.1, -0.05) is 24.3 Å². The molecule has 0 aliphatic carbocycles. The van der Waals surface area contributed by atoms with Crippen LogP contribution in [0, 0.1) is 0 Å². The van der Waals surface area contributed by atoms with E-state index < -0.39 is 0 Å². The standard InChI is InChI=1S/C23H20N2O2S/c26-21-13-17(20-6-3-4-8-24-20)11-18-14-25(9-10-27-23(18)21)15-19-12-16-5-1-2-7-22(16)28-19/h1-8,11-13,26H,9-10,14-15H2. The van der Waals surface area contributed by atoms with Gasteiger partial charge in [0.2, 0.25) is 0 Å². The van der Waals surface area contributed by atoms with Crippen molar-refractivity contribution < 1.29 is 9.84 Å². The summed E-state index contributed by atoms with van der Waals surface area (Å²) in [6.07, 6.45) is 1.77. The number of benzene rings is 2. The number of phenolic OH excluding ortho intramolecular Hbond substituents is 1. The maximum atomic E-state index is 10.5. The number of rotatable bonds is 3. The van der Waals surface area contributed by atoms with Gasteiger partial charge < -0.3 is 9.84 Å². The molecule has 2 aromatic carbocycles. The van der Waals surface area contributed by atoms with Gasteiger partial charge in [0.1, 0.15) is 6.61 Å². The fraction of sp³-hybridized carbons (Fsp3) is 0.174. The molecule has 5 heteroatoms. The maximum Gasteiger partial charge on any atom is 0.165 e.